The maximum absolute atomic E-state index is 12.6. The molecule has 2 rings (SSSR count). The predicted molar refractivity (Wildman–Crippen MR) is 102 cm³/mol. The Morgan fingerprint density at radius 3 is 2.32 bits per heavy atom. The Bertz CT molecular complexity index is 680. The Labute approximate surface area is 155 Å². The molecule has 25 heavy (non-hydrogen) atoms. The van der Waals surface area contributed by atoms with Crippen LogP contribution in [0.3, 0.4) is 0 Å². The van der Waals surface area contributed by atoms with Crippen LogP contribution in [0.2, 0.25) is 0 Å². The fourth-order valence-electron chi connectivity index (χ4n) is 3.70. The van der Waals surface area contributed by atoms with Crippen molar-refractivity contribution in [3.05, 3.63) is 17.5 Å². The summed E-state index contributed by atoms with van der Waals surface area (Å²) in [4.78, 5) is 12.6. The van der Waals surface area contributed by atoms with Crippen molar-refractivity contribution in [2.75, 3.05) is 13.1 Å². The van der Waals surface area contributed by atoms with Crippen LogP contribution in [0, 0.1) is 11.3 Å². The zero-order chi connectivity index (χ0) is 18.9. The Kier molecular flexibility index (Phi) is 6.01. The van der Waals surface area contributed by atoms with Gasteiger partial charge in [-0.1, -0.05) is 26.8 Å². The molecule has 0 aliphatic carbocycles. The molecule has 0 unspecified atom stereocenters. The second-order valence-electron chi connectivity index (χ2n) is 8.72. The fraction of sp³-hybridized carbons (Fsp3) is 0.722. The van der Waals surface area contributed by atoms with Crippen molar-refractivity contribution in [2.45, 2.75) is 63.6 Å². The van der Waals surface area contributed by atoms with E-state index in [4.69, 9.17) is 0 Å². The zero-order valence-corrected chi connectivity index (χ0v) is 17.5. The normalized spacial score (nSPS) is 18.3. The first-order valence-corrected chi connectivity index (χ1v) is 11.1. The zero-order valence-electron chi connectivity index (χ0n) is 15.8. The van der Waals surface area contributed by atoms with Gasteiger partial charge in [0.1, 0.15) is 4.21 Å². The van der Waals surface area contributed by atoms with Crippen LogP contribution in [0.15, 0.2) is 21.7 Å². The summed E-state index contributed by atoms with van der Waals surface area (Å²) >= 11 is 1.23. The molecule has 1 amide bonds. The minimum atomic E-state index is -3.41. The summed E-state index contributed by atoms with van der Waals surface area (Å²) in [5, 5.41) is 4.93. The standard InChI is InChI=1S/C18H30N2O3S2/c1-17(2,3)13-18(4,5)19-16(21)14-8-10-20(11-9-14)25(22,23)15-7-6-12-24-15/h6-7,12,14H,8-11,13H2,1-5H3,(H,19,21). The molecule has 1 fully saturated rings. The van der Waals surface area contributed by atoms with Gasteiger partial charge >= 0.3 is 0 Å². The first-order valence-electron chi connectivity index (χ1n) is 8.76. The molecule has 142 valence electrons. The summed E-state index contributed by atoms with van der Waals surface area (Å²) < 4.78 is 27.0. The monoisotopic (exact) mass is 386 g/mol. The van der Waals surface area contributed by atoms with Crippen LogP contribution in [-0.4, -0.2) is 37.3 Å². The Balaban J connectivity index is 1.93. The molecule has 1 aromatic heterocycles. The minimum Gasteiger partial charge on any atom is -0.351 e. The number of hydrogen-bond acceptors (Lipinski definition) is 4. The van der Waals surface area contributed by atoms with Crippen molar-refractivity contribution in [1.82, 2.24) is 9.62 Å². The lowest BCUT2D eigenvalue weighted by atomic mass is 9.81. The summed E-state index contributed by atoms with van der Waals surface area (Å²) in [7, 11) is -3.41. The smallest absolute Gasteiger partial charge is 0.252 e. The molecule has 1 aliphatic rings. The molecule has 0 spiro atoms. The minimum absolute atomic E-state index is 0.0439. The second kappa shape index (κ2) is 7.37. The highest BCUT2D eigenvalue weighted by Crippen LogP contribution is 2.29. The number of nitrogens with one attached hydrogen (secondary N) is 1. The maximum atomic E-state index is 12.6. The fourth-order valence-corrected chi connectivity index (χ4v) is 6.32. The van der Waals surface area contributed by atoms with Gasteiger partial charge in [0.2, 0.25) is 5.91 Å². The van der Waals surface area contributed by atoms with Crippen LogP contribution in [0.4, 0.5) is 0 Å². The van der Waals surface area contributed by atoms with Crippen molar-refractivity contribution in [1.29, 1.82) is 0 Å². The molecule has 0 aromatic carbocycles. The van der Waals surface area contributed by atoms with Gasteiger partial charge in [-0.05, 0) is 50.0 Å². The quantitative estimate of drug-likeness (QED) is 0.842. The average Bonchev–Trinajstić information content (AvgIpc) is 2.99. The van der Waals surface area contributed by atoms with Gasteiger partial charge in [-0.3, -0.25) is 4.79 Å². The average molecular weight is 387 g/mol. The third kappa shape index (κ3) is 5.53. The largest absolute Gasteiger partial charge is 0.351 e. The van der Waals surface area contributed by atoms with E-state index in [1.807, 2.05) is 13.8 Å². The van der Waals surface area contributed by atoms with Crippen LogP contribution in [0.5, 0.6) is 0 Å². The van der Waals surface area contributed by atoms with Crippen molar-refractivity contribution in [3.63, 3.8) is 0 Å². The summed E-state index contributed by atoms with van der Waals surface area (Å²) in [6, 6.07) is 3.38. The van der Waals surface area contributed by atoms with Crippen molar-refractivity contribution < 1.29 is 13.2 Å². The van der Waals surface area contributed by atoms with Crippen LogP contribution in [-0.2, 0) is 14.8 Å². The highest BCUT2D eigenvalue weighted by molar-refractivity contribution is 7.91. The number of carbonyl (C=O) groups is 1. The number of hydrogen-bond donors (Lipinski definition) is 1. The Morgan fingerprint density at radius 1 is 1.24 bits per heavy atom. The maximum Gasteiger partial charge on any atom is 0.252 e. The number of carbonyl (C=O) groups excluding carboxylic acids is 1. The van der Waals surface area contributed by atoms with E-state index in [1.165, 1.54) is 15.6 Å². The molecule has 0 bridgehead atoms. The molecule has 1 N–H and O–H groups in total. The van der Waals surface area contributed by atoms with E-state index in [2.05, 4.69) is 26.1 Å². The molecule has 0 atom stereocenters. The molecule has 1 aromatic rings. The summed E-state index contributed by atoms with van der Waals surface area (Å²) in [6.45, 7) is 11.4. The number of thiophene rings is 1. The van der Waals surface area contributed by atoms with Crippen molar-refractivity contribution >= 4 is 27.3 Å². The molecule has 5 nitrogen and oxygen atoms in total. The van der Waals surface area contributed by atoms with E-state index in [9.17, 15) is 13.2 Å². The summed E-state index contributed by atoms with van der Waals surface area (Å²) in [6.07, 6.45) is 2.03. The molecule has 7 heteroatoms. The van der Waals surface area contributed by atoms with Gasteiger partial charge in [0, 0.05) is 24.5 Å². The van der Waals surface area contributed by atoms with E-state index in [0.29, 0.717) is 30.1 Å². The third-order valence-corrected chi connectivity index (χ3v) is 7.62. The lowest BCUT2D eigenvalue weighted by molar-refractivity contribution is -0.128. The van der Waals surface area contributed by atoms with Gasteiger partial charge in [-0.15, -0.1) is 11.3 Å². The van der Waals surface area contributed by atoms with Crippen molar-refractivity contribution in [2.24, 2.45) is 11.3 Å². The van der Waals surface area contributed by atoms with Gasteiger partial charge in [0.15, 0.2) is 0 Å². The number of nitrogens with zero attached hydrogens (tertiary/aromatic N) is 1. The van der Waals surface area contributed by atoms with E-state index >= 15 is 0 Å². The van der Waals surface area contributed by atoms with Crippen LogP contribution in [0.25, 0.3) is 0 Å². The van der Waals surface area contributed by atoms with E-state index < -0.39 is 10.0 Å². The van der Waals surface area contributed by atoms with Gasteiger partial charge in [0.05, 0.1) is 0 Å². The van der Waals surface area contributed by atoms with Gasteiger partial charge < -0.3 is 5.32 Å². The van der Waals surface area contributed by atoms with Crippen LogP contribution in [0.1, 0.15) is 53.9 Å². The van der Waals surface area contributed by atoms with Crippen molar-refractivity contribution in [3.8, 4) is 0 Å². The molecule has 2 heterocycles. The number of piperidine rings is 1. The SMILES string of the molecule is CC(C)(C)CC(C)(C)NC(=O)C1CCN(S(=O)(=O)c2cccs2)CC1. The topological polar surface area (TPSA) is 66.5 Å². The Hall–Kier alpha value is -0.920. The molecular formula is C18H30N2O3S2. The molecular weight excluding hydrogens is 356 g/mol. The molecule has 1 aliphatic heterocycles. The number of sulfonamides is 1. The summed E-state index contributed by atoms with van der Waals surface area (Å²) in [5.74, 6) is -0.0727. The molecule has 0 saturated carbocycles. The van der Waals surface area contributed by atoms with E-state index in [-0.39, 0.29) is 22.8 Å². The first kappa shape index (κ1) is 20.4. The van der Waals surface area contributed by atoms with E-state index in [1.54, 1.807) is 17.5 Å². The first-order chi connectivity index (χ1) is 11.4. The number of rotatable bonds is 5. The Morgan fingerprint density at radius 2 is 1.84 bits per heavy atom. The lowest BCUT2D eigenvalue weighted by Gasteiger charge is -2.36. The molecule has 0 radical (unpaired) electrons. The van der Waals surface area contributed by atoms with Gasteiger partial charge in [0.25, 0.3) is 10.0 Å². The van der Waals surface area contributed by atoms with Gasteiger partial charge in [-0.25, -0.2) is 8.42 Å². The highest BCUT2D eigenvalue weighted by atomic mass is 32.2. The lowest BCUT2D eigenvalue weighted by Crippen LogP contribution is -2.50. The van der Waals surface area contributed by atoms with Crippen LogP contribution < -0.4 is 5.32 Å². The summed E-state index contributed by atoms with van der Waals surface area (Å²) in [5.41, 5.74) is -0.134. The second-order valence-corrected chi connectivity index (χ2v) is 11.8. The predicted octanol–water partition coefficient (Wildman–Crippen LogP) is 3.48. The number of amides is 1. The van der Waals surface area contributed by atoms with Gasteiger partial charge in [-0.2, -0.15) is 4.31 Å². The molecule has 1 saturated heterocycles. The van der Waals surface area contributed by atoms with E-state index in [0.717, 1.165) is 6.42 Å². The third-order valence-electron chi connectivity index (χ3n) is 4.35. The highest BCUT2D eigenvalue weighted by Gasteiger charge is 2.35. The van der Waals surface area contributed by atoms with Crippen LogP contribution >= 0.6 is 11.3 Å².